The molecule has 2 N–H and O–H groups in total. The quantitative estimate of drug-likeness (QED) is 0.674. The van der Waals surface area contributed by atoms with E-state index in [1.54, 1.807) is 0 Å². The zero-order valence-corrected chi connectivity index (χ0v) is 10.5. The van der Waals surface area contributed by atoms with Gasteiger partial charge >= 0.3 is 5.97 Å². The molecule has 0 radical (unpaired) electrons. The summed E-state index contributed by atoms with van der Waals surface area (Å²) in [6.07, 6.45) is -2.31. The molecule has 1 atom stereocenters. The maximum absolute atomic E-state index is 11.7. The maximum Gasteiger partial charge on any atom is 0.330 e. The average Bonchev–Trinajstić information content (AvgIpc) is 2.74. The number of alkyl halides is 2. The average molecular weight is 283 g/mol. The molecule has 1 heterocycles. The molecular weight excluding hydrogens is 268 g/mol. The van der Waals surface area contributed by atoms with Gasteiger partial charge in [-0.05, 0) is 12.2 Å². The number of carbonyl (C=O) groups is 2. The summed E-state index contributed by atoms with van der Waals surface area (Å²) in [6.45, 7) is -0.855. The van der Waals surface area contributed by atoms with Crippen molar-refractivity contribution in [3.63, 3.8) is 0 Å². The van der Waals surface area contributed by atoms with E-state index in [0.29, 0.717) is 17.9 Å². The first-order valence-electron chi connectivity index (χ1n) is 5.44. The first kappa shape index (κ1) is 15.2. The Hall–Kier alpha value is -0.890. The molecule has 1 fully saturated rings. The number of halogens is 2. The van der Waals surface area contributed by atoms with Gasteiger partial charge in [-0.1, -0.05) is 0 Å². The van der Waals surface area contributed by atoms with Crippen molar-refractivity contribution in [2.24, 2.45) is 0 Å². The molecule has 18 heavy (non-hydrogen) atoms. The van der Waals surface area contributed by atoms with E-state index in [1.165, 1.54) is 11.8 Å². The van der Waals surface area contributed by atoms with Gasteiger partial charge in [0, 0.05) is 12.2 Å². The van der Waals surface area contributed by atoms with Crippen LogP contribution < -0.4 is 5.32 Å². The predicted molar refractivity (Wildman–Crippen MR) is 61.9 cm³/mol. The smallest absolute Gasteiger partial charge is 0.330 e. The second-order valence-corrected chi connectivity index (χ2v) is 5.06. The fraction of sp³-hybridized carbons (Fsp3) is 0.800. The third-order valence-electron chi connectivity index (χ3n) is 2.53. The highest BCUT2D eigenvalue weighted by molar-refractivity contribution is 7.99. The highest BCUT2D eigenvalue weighted by atomic mass is 32.2. The van der Waals surface area contributed by atoms with Crippen LogP contribution in [0.3, 0.4) is 0 Å². The van der Waals surface area contributed by atoms with Crippen molar-refractivity contribution in [2.75, 3.05) is 24.7 Å². The lowest BCUT2D eigenvalue weighted by atomic mass is 9.99. The molecule has 0 aliphatic carbocycles. The summed E-state index contributed by atoms with van der Waals surface area (Å²) in [6, 6.07) is 0. The van der Waals surface area contributed by atoms with Crippen molar-refractivity contribution in [2.45, 2.75) is 24.8 Å². The molecule has 1 rings (SSSR count). The second kappa shape index (κ2) is 6.89. The largest absolute Gasteiger partial charge is 0.479 e. The van der Waals surface area contributed by atoms with E-state index in [0.717, 1.165) is 0 Å². The van der Waals surface area contributed by atoms with E-state index in [9.17, 15) is 18.4 Å². The van der Waals surface area contributed by atoms with Crippen molar-refractivity contribution >= 4 is 23.6 Å². The first-order valence-corrected chi connectivity index (χ1v) is 6.60. The van der Waals surface area contributed by atoms with Crippen LogP contribution in [0.15, 0.2) is 0 Å². The standard InChI is InChI=1S/C10H15F2NO4S/c11-7(12)5-17-3-1-8(14)13-10(9(15)16)2-4-18-6-10/h7H,1-6H2,(H,13,14)(H,15,16). The maximum atomic E-state index is 11.7. The zero-order chi connectivity index (χ0) is 13.6. The lowest BCUT2D eigenvalue weighted by Gasteiger charge is -2.24. The van der Waals surface area contributed by atoms with Crippen molar-refractivity contribution in [3.05, 3.63) is 0 Å². The van der Waals surface area contributed by atoms with Crippen molar-refractivity contribution < 1.29 is 28.2 Å². The van der Waals surface area contributed by atoms with E-state index in [1.807, 2.05) is 0 Å². The molecule has 104 valence electrons. The molecule has 1 aliphatic rings. The Kier molecular flexibility index (Phi) is 5.80. The zero-order valence-electron chi connectivity index (χ0n) is 9.66. The summed E-state index contributed by atoms with van der Waals surface area (Å²) in [5.41, 5.74) is -1.22. The minimum absolute atomic E-state index is 0.119. The minimum Gasteiger partial charge on any atom is -0.479 e. The van der Waals surface area contributed by atoms with E-state index in [-0.39, 0.29) is 13.0 Å². The Balaban J connectivity index is 2.32. The molecule has 0 aromatic carbocycles. The second-order valence-electron chi connectivity index (χ2n) is 3.95. The lowest BCUT2D eigenvalue weighted by molar-refractivity contribution is -0.146. The molecule has 0 aromatic heterocycles. The molecule has 1 saturated heterocycles. The topological polar surface area (TPSA) is 75.6 Å². The Morgan fingerprint density at radius 2 is 2.22 bits per heavy atom. The third-order valence-corrected chi connectivity index (χ3v) is 3.72. The van der Waals surface area contributed by atoms with Crippen LogP contribution in [0.4, 0.5) is 8.78 Å². The number of carbonyl (C=O) groups excluding carboxylic acids is 1. The monoisotopic (exact) mass is 283 g/mol. The van der Waals surface area contributed by atoms with Gasteiger partial charge in [0.25, 0.3) is 6.43 Å². The van der Waals surface area contributed by atoms with Crippen LogP contribution in [0.5, 0.6) is 0 Å². The highest BCUT2D eigenvalue weighted by Crippen LogP contribution is 2.28. The van der Waals surface area contributed by atoms with Gasteiger partial charge in [0.1, 0.15) is 12.1 Å². The van der Waals surface area contributed by atoms with Gasteiger partial charge in [-0.15, -0.1) is 0 Å². The van der Waals surface area contributed by atoms with Crippen molar-refractivity contribution in [3.8, 4) is 0 Å². The van der Waals surface area contributed by atoms with Crippen LogP contribution in [0.25, 0.3) is 0 Å². The molecule has 1 amide bonds. The normalized spacial score (nSPS) is 23.3. The molecule has 0 aromatic rings. The molecule has 1 aliphatic heterocycles. The molecule has 0 saturated carbocycles. The highest BCUT2D eigenvalue weighted by Gasteiger charge is 2.43. The number of amides is 1. The van der Waals surface area contributed by atoms with E-state index in [2.05, 4.69) is 10.1 Å². The fourth-order valence-electron chi connectivity index (χ4n) is 1.55. The van der Waals surface area contributed by atoms with Crippen molar-refractivity contribution in [1.29, 1.82) is 0 Å². The molecule has 1 unspecified atom stereocenters. The number of carboxylic acid groups (broad SMARTS) is 1. The van der Waals surface area contributed by atoms with Crippen LogP contribution in [0.1, 0.15) is 12.8 Å². The summed E-state index contributed by atoms with van der Waals surface area (Å²) in [5.74, 6) is -0.552. The summed E-state index contributed by atoms with van der Waals surface area (Å²) in [7, 11) is 0. The van der Waals surface area contributed by atoms with Gasteiger partial charge in [0.15, 0.2) is 0 Å². The molecule has 8 heteroatoms. The number of thioether (sulfide) groups is 1. The number of carboxylic acids is 1. The van der Waals surface area contributed by atoms with Gasteiger partial charge in [-0.3, -0.25) is 4.79 Å². The van der Waals surface area contributed by atoms with Gasteiger partial charge in [0.2, 0.25) is 5.91 Å². The van der Waals surface area contributed by atoms with Crippen LogP contribution in [-0.2, 0) is 14.3 Å². The first-order chi connectivity index (χ1) is 8.46. The number of nitrogens with one attached hydrogen (secondary N) is 1. The van der Waals surface area contributed by atoms with Crippen LogP contribution in [-0.4, -0.2) is 53.7 Å². The predicted octanol–water partition coefficient (Wildman–Crippen LogP) is 0.735. The summed E-state index contributed by atoms with van der Waals surface area (Å²) in [4.78, 5) is 22.6. The van der Waals surface area contributed by atoms with Gasteiger partial charge < -0.3 is 15.2 Å². The SMILES string of the molecule is O=C(CCOCC(F)F)NC1(C(=O)O)CCSC1. The number of hydrogen-bond donors (Lipinski definition) is 2. The van der Waals surface area contributed by atoms with Gasteiger partial charge in [-0.2, -0.15) is 11.8 Å². The summed E-state index contributed by atoms with van der Waals surface area (Å²) < 4.78 is 28.1. The number of aliphatic carboxylic acids is 1. The Bertz CT molecular complexity index is 308. The fourth-order valence-corrected chi connectivity index (χ4v) is 2.88. The third kappa shape index (κ3) is 4.41. The molecule has 0 bridgehead atoms. The molecule has 5 nitrogen and oxygen atoms in total. The van der Waals surface area contributed by atoms with E-state index < -0.39 is 30.4 Å². The summed E-state index contributed by atoms with van der Waals surface area (Å²) in [5, 5.41) is 11.6. The Morgan fingerprint density at radius 3 is 2.72 bits per heavy atom. The summed E-state index contributed by atoms with van der Waals surface area (Å²) >= 11 is 1.46. The van der Waals surface area contributed by atoms with Gasteiger partial charge in [0.05, 0.1) is 6.61 Å². The Morgan fingerprint density at radius 1 is 1.50 bits per heavy atom. The lowest BCUT2D eigenvalue weighted by Crippen LogP contribution is -2.54. The van der Waals surface area contributed by atoms with Crippen molar-refractivity contribution in [1.82, 2.24) is 5.32 Å². The molecule has 0 spiro atoms. The number of ether oxygens (including phenoxy) is 1. The number of rotatable bonds is 7. The van der Waals surface area contributed by atoms with Crippen LogP contribution in [0.2, 0.25) is 0 Å². The minimum atomic E-state index is -2.57. The number of hydrogen-bond acceptors (Lipinski definition) is 4. The Labute approximate surface area is 107 Å². The molecular formula is C10H15F2NO4S. The van der Waals surface area contributed by atoms with E-state index >= 15 is 0 Å². The van der Waals surface area contributed by atoms with Crippen LogP contribution >= 0.6 is 11.8 Å². The van der Waals surface area contributed by atoms with Crippen LogP contribution in [0, 0.1) is 0 Å². The van der Waals surface area contributed by atoms with E-state index in [4.69, 9.17) is 5.11 Å². The van der Waals surface area contributed by atoms with Gasteiger partial charge in [-0.25, -0.2) is 13.6 Å².